The van der Waals surface area contributed by atoms with Crippen LogP contribution >= 0.6 is 0 Å². The van der Waals surface area contributed by atoms with Crippen LogP contribution in [0, 0.1) is 0 Å². The van der Waals surface area contributed by atoms with Crippen molar-refractivity contribution in [2.45, 2.75) is 13.3 Å². The Morgan fingerprint density at radius 1 is 1.38 bits per heavy atom. The standard InChI is InChI=1S/C12H19N3O/c1-10(16)14-12-7-5-4-6-11(12)8-9-15(3)13-2/h4-7,13H,8-9H2,1-3H3,(H,14,16)/q+1. The predicted molar refractivity (Wildman–Crippen MR) is 66.4 cm³/mol. The van der Waals surface area contributed by atoms with Crippen molar-refractivity contribution in [1.82, 2.24) is 10.4 Å². The Hall–Kier alpha value is -1.39. The molecule has 0 unspecified atom stereocenters. The van der Waals surface area contributed by atoms with E-state index in [9.17, 15) is 4.79 Å². The van der Waals surface area contributed by atoms with Crippen molar-refractivity contribution < 1.29 is 4.79 Å². The van der Waals surface area contributed by atoms with Gasteiger partial charge in [-0.15, -0.1) is 5.43 Å². The Morgan fingerprint density at radius 2 is 2.06 bits per heavy atom. The predicted octanol–water partition coefficient (Wildman–Crippen LogP) is 1.09. The average molecular weight is 221 g/mol. The van der Waals surface area contributed by atoms with Crippen LogP contribution in [0.4, 0.5) is 5.69 Å². The highest BCUT2D eigenvalue weighted by Gasteiger charge is 2.08. The summed E-state index contributed by atoms with van der Waals surface area (Å²) < 4.78 is 0. The zero-order valence-corrected chi connectivity index (χ0v) is 10.1. The van der Waals surface area contributed by atoms with Crippen molar-refractivity contribution in [1.29, 1.82) is 0 Å². The normalized spacial score (nSPS) is 10.5. The quantitative estimate of drug-likeness (QED) is 0.577. The molecule has 4 nitrogen and oxygen atoms in total. The lowest BCUT2D eigenvalue weighted by Crippen LogP contribution is -2.38. The third kappa shape index (κ3) is 4.00. The third-order valence-electron chi connectivity index (χ3n) is 2.43. The molecule has 1 amide bonds. The van der Waals surface area contributed by atoms with Crippen LogP contribution in [0.5, 0.6) is 0 Å². The topological polar surface area (TPSA) is 47.0 Å². The summed E-state index contributed by atoms with van der Waals surface area (Å²) in [7, 11) is 3.88. The molecule has 0 spiro atoms. The second-order valence-electron chi connectivity index (χ2n) is 3.73. The number of para-hydroxylation sites is 1. The number of hydrogen-bond acceptors (Lipinski definition) is 3. The van der Waals surface area contributed by atoms with Gasteiger partial charge in [-0.3, -0.25) is 4.79 Å². The number of nitrogens with one attached hydrogen (secondary N) is 2. The van der Waals surface area contributed by atoms with E-state index in [4.69, 9.17) is 0 Å². The van der Waals surface area contributed by atoms with Crippen LogP contribution in [0.1, 0.15) is 12.5 Å². The van der Waals surface area contributed by atoms with E-state index in [1.165, 1.54) is 6.92 Å². The molecular formula is C12H19N3O+. The summed E-state index contributed by atoms with van der Waals surface area (Å²) in [5.41, 5.74) is 5.10. The summed E-state index contributed by atoms with van der Waals surface area (Å²) >= 11 is 0. The maximum Gasteiger partial charge on any atom is 0.221 e. The molecule has 0 bridgehead atoms. The fourth-order valence-corrected chi connectivity index (χ4v) is 1.45. The summed E-state index contributed by atoms with van der Waals surface area (Å²) in [6, 6.07) is 7.88. The van der Waals surface area contributed by atoms with E-state index < -0.39 is 0 Å². The van der Waals surface area contributed by atoms with Gasteiger partial charge in [0.05, 0.1) is 0 Å². The number of rotatable bonds is 5. The van der Waals surface area contributed by atoms with Gasteiger partial charge in [-0.25, -0.2) is 0 Å². The molecule has 0 fully saturated rings. The van der Waals surface area contributed by atoms with Crippen molar-refractivity contribution in [2.75, 3.05) is 26.0 Å². The highest BCUT2D eigenvalue weighted by molar-refractivity contribution is 5.89. The van der Waals surface area contributed by atoms with Gasteiger partial charge in [0.1, 0.15) is 13.6 Å². The molecule has 1 rings (SSSR count). The molecular weight excluding hydrogens is 202 g/mol. The van der Waals surface area contributed by atoms with E-state index >= 15 is 0 Å². The number of hydrazine groups is 1. The number of carbonyl (C=O) groups is 1. The van der Waals surface area contributed by atoms with Gasteiger partial charge in [-0.2, -0.15) is 0 Å². The number of benzene rings is 1. The van der Waals surface area contributed by atoms with Crippen molar-refractivity contribution in [3.63, 3.8) is 0 Å². The molecule has 16 heavy (non-hydrogen) atoms. The van der Waals surface area contributed by atoms with Crippen molar-refractivity contribution in [2.24, 2.45) is 0 Å². The van der Waals surface area contributed by atoms with E-state index in [0.717, 1.165) is 24.2 Å². The highest BCUT2D eigenvalue weighted by Crippen LogP contribution is 2.15. The molecule has 0 aliphatic heterocycles. The fraction of sp³-hybridized carbons (Fsp3) is 0.417. The maximum absolute atomic E-state index is 11.0. The van der Waals surface area contributed by atoms with Gasteiger partial charge in [0.15, 0.2) is 0 Å². The van der Waals surface area contributed by atoms with Gasteiger partial charge in [0, 0.05) is 26.1 Å². The molecule has 0 heterocycles. The molecule has 1 radical (unpaired) electrons. The number of likely N-dealkylation sites (N-methyl/N-ethyl adjacent to an activating group) is 1. The minimum atomic E-state index is -0.0329. The van der Waals surface area contributed by atoms with Crippen LogP contribution in [0.25, 0.3) is 0 Å². The molecule has 1 aromatic carbocycles. The second-order valence-corrected chi connectivity index (χ2v) is 3.73. The van der Waals surface area contributed by atoms with Gasteiger partial charge in [0.25, 0.3) is 0 Å². The van der Waals surface area contributed by atoms with Gasteiger partial charge in [-0.05, 0) is 11.6 Å². The van der Waals surface area contributed by atoms with Crippen molar-refractivity contribution in [3.8, 4) is 0 Å². The van der Waals surface area contributed by atoms with E-state index in [2.05, 4.69) is 10.7 Å². The highest BCUT2D eigenvalue weighted by atomic mass is 16.1. The zero-order valence-electron chi connectivity index (χ0n) is 10.1. The Morgan fingerprint density at radius 3 is 2.69 bits per heavy atom. The van der Waals surface area contributed by atoms with Crippen LogP contribution < -0.4 is 15.8 Å². The first kappa shape index (κ1) is 12.7. The van der Waals surface area contributed by atoms with Crippen LogP contribution in [-0.2, 0) is 11.2 Å². The first-order chi connectivity index (χ1) is 7.63. The van der Waals surface area contributed by atoms with E-state index in [1.807, 2.05) is 43.4 Å². The summed E-state index contributed by atoms with van der Waals surface area (Å²) in [6.45, 7) is 2.42. The third-order valence-corrected chi connectivity index (χ3v) is 2.43. The number of carbonyl (C=O) groups excluding carboxylic acids is 1. The lowest BCUT2D eigenvalue weighted by atomic mass is 10.1. The number of hydrogen-bond donors (Lipinski definition) is 2. The van der Waals surface area contributed by atoms with Gasteiger partial charge < -0.3 is 5.32 Å². The van der Waals surface area contributed by atoms with Crippen LogP contribution in [0.3, 0.4) is 0 Å². The molecule has 4 heteroatoms. The molecule has 1 aromatic rings. The molecule has 2 N–H and O–H groups in total. The summed E-state index contributed by atoms with van der Waals surface area (Å²) in [6.07, 6.45) is 0.897. The molecule has 0 aromatic heterocycles. The van der Waals surface area contributed by atoms with Gasteiger partial charge in [-0.1, -0.05) is 23.2 Å². The van der Waals surface area contributed by atoms with E-state index in [1.54, 1.807) is 0 Å². The Kier molecular flexibility index (Phi) is 4.95. The lowest BCUT2D eigenvalue weighted by Gasteiger charge is -2.09. The molecule has 0 atom stereocenters. The van der Waals surface area contributed by atoms with Crippen LogP contribution in [-0.4, -0.2) is 26.5 Å². The molecule has 0 aliphatic carbocycles. The minimum Gasteiger partial charge on any atom is -0.326 e. The number of amides is 1. The van der Waals surface area contributed by atoms with Crippen LogP contribution in [0.2, 0.25) is 0 Å². The molecule has 0 saturated carbocycles. The number of anilines is 1. The molecule has 87 valence electrons. The Balaban J connectivity index is 2.67. The average Bonchev–Trinajstić information content (AvgIpc) is 2.26. The van der Waals surface area contributed by atoms with Crippen molar-refractivity contribution >= 4 is 11.6 Å². The monoisotopic (exact) mass is 221 g/mol. The van der Waals surface area contributed by atoms with E-state index in [0.29, 0.717) is 0 Å². The SMILES string of the molecule is CN[N+](C)CCc1ccccc1NC(C)=O. The largest absolute Gasteiger partial charge is 0.326 e. The fourth-order valence-electron chi connectivity index (χ4n) is 1.45. The first-order valence-electron chi connectivity index (χ1n) is 5.37. The van der Waals surface area contributed by atoms with E-state index in [-0.39, 0.29) is 5.91 Å². The first-order valence-corrected chi connectivity index (χ1v) is 5.37. The Bertz CT molecular complexity index is 352. The summed E-state index contributed by atoms with van der Waals surface area (Å²) in [5, 5.41) is 4.84. The van der Waals surface area contributed by atoms with Gasteiger partial charge in [0.2, 0.25) is 5.91 Å². The zero-order chi connectivity index (χ0) is 12.0. The molecule has 0 aliphatic rings. The summed E-state index contributed by atoms with van der Waals surface area (Å²) in [4.78, 5) is 11.0. The van der Waals surface area contributed by atoms with Crippen LogP contribution in [0.15, 0.2) is 24.3 Å². The Labute approximate surface area is 96.6 Å². The summed E-state index contributed by atoms with van der Waals surface area (Å²) in [5.74, 6) is -0.0329. The lowest BCUT2D eigenvalue weighted by molar-refractivity contribution is -0.114. The maximum atomic E-state index is 11.0. The second kappa shape index (κ2) is 6.25. The van der Waals surface area contributed by atoms with Crippen molar-refractivity contribution in [3.05, 3.63) is 29.8 Å². The molecule has 0 saturated heterocycles. The minimum absolute atomic E-state index is 0.0329. The van der Waals surface area contributed by atoms with Gasteiger partial charge >= 0.3 is 0 Å². The number of nitrogens with zero attached hydrogens (tertiary/aromatic N) is 1. The smallest absolute Gasteiger partial charge is 0.221 e.